The molecule has 2 unspecified atom stereocenters. The zero-order valence-corrected chi connectivity index (χ0v) is 14.7. The third-order valence-electron chi connectivity index (χ3n) is 3.91. The zero-order chi connectivity index (χ0) is 18.6. The van der Waals surface area contributed by atoms with Gasteiger partial charge in [0.15, 0.2) is 5.11 Å². The largest absolute Gasteiger partial charge is 0.461 e. The summed E-state index contributed by atoms with van der Waals surface area (Å²) in [6.07, 6.45) is -7.71. The van der Waals surface area contributed by atoms with Gasteiger partial charge in [0.05, 0.1) is 6.61 Å². The lowest BCUT2D eigenvalue weighted by atomic mass is 10.1. The summed E-state index contributed by atoms with van der Waals surface area (Å²) in [6.45, 7) is 5.25. The predicted octanol–water partition coefficient (Wildman–Crippen LogP) is 4.32. The maximum atomic E-state index is 13.0. The van der Waals surface area contributed by atoms with Gasteiger partial charge in [-0.1, -0.05) is 19.9 Å². The zero-order valence-electron chi connectivity index (χ0n) is 13.8. The van der Waals surface area contributed by atoms with Gasteiger partial charge < -0.3 is 19.7 Å². The highest BCUT2D eigenvalue weighted by Crippen LogP contribution is 2.29. The Hall–Kier alpha value is -1.61. The minimum absolute atomic E-state index is 0.160. The summed E-state index contributed by atoms with van der Waals surface area (Å²) in [5.74, 6) is -0.115. The van der Waals surface area contributed by atoms with E-state index in [4.69, 9.17) is 17.0 Å². The molecule has 0 amide bonds. The van der Waals surface area contributed by atoms with Gasteiger partial charge in [-0.2, -0.15) is 17.6 Å². The van der Waals surface area contributed by atoms with Crippen LogP contribution in [0.5, 0.6) is 5.75 Å². The highest BCUT2D eigenvalue weighted by molar-refractivity contribution is 7.80. The van der Waals surface area contributed by atoms with E-state index in [9.17, 15) is 17.6 Å². The molecule has 0 radical (unpaired) electrons. The van der Waals surface area contributed by atoms with E-state index >= 15 is 0 Å². The van der Waals surface area contributed by atoms with Gasteiger partial charge in [0.25, 0.3) is 0 Å². The van der Waals surface area contributed by atoms with E-state index in [2.05, 4.69) is 10.1 Å². The molecule has 1 saturated heterocycles. The number of ether oxygens (including phenoxy) is 2. The van der Waals surface area contributed by atoms with E-state index in [0.717, 1.165) is 6.42 Å². The molecule has 1 N–H and O–H groups in total. The van der Waals surface area contributed by atoms with E-state index in [1.807, 2.05) is 18.7 Å². The van der Waals surface area contributed by atoms with Crippen LogP contribution in [0.15, 0.2) is 24.3 Å². The minimum Gasteiger partial charge on any atom is -0.428 e. The second-order valence-corrected chi connectivity index (χ2v) is 6.15. The number of halogens is 4. The molecular formula is C16H20F4N2O2S. The van der Waals surface area contributed by atoms with Crippen LogP contribution in [0.3, 0.4) is 0 Å². The minimum atomic E-state index is -4.55. The third-order valence-corrected chi connectivity index (χ3v) is 4.25. The second kappa shape index (κ2) is 8.18. The van der Waals surface area contributed by atoms with Crippen LogP contribution in [-0.4, -0.2) is 41.9 Å². The lowest BCUT2D eigenvalue weighted by Crippen LogP contribution is -2.42. The van der Waals surface area contributed by atoms with Crippen molar-refractivity contribution in [3.8, 4) is 5.75 Å². The average molecular weight is 380 g/mol. The van der Waals surface area contributed by atoms with Gasteiger partial charge in [0.1, 0.15) is 12.0 Å². The third kappa shape index (κ3) is 4.94. The first kappa shape index (κ1) is 19.7. The Labute approximate surface area is 149 Å². The molecule has 1 aliphatic heterocycles. The number of rotatable bonds is 6. The SMILES string of the molecule is CCC(C)C1OCCN1C(=S)Nc1cccc(OC(F)(F)C(F)F)c1. The fourth-order valence-corrected chi connectivity index (χ4v) is 2.73. The van der Waals surface area contributed by atoms with Crippen molar-refractivity contribution in [3.05, 3.63) is 24.3 Å². The lowest BCUT2D eigenvalue weighted by molar-refractivity contribution is -0.253. The number of hydrogen-bond acceptors (Lipinski definition) is 3. The van der Waals surface area contributed by atoms with Crippen molar-refractivity contribution in [3.63, 3.8) is 0 Å². The first-order chi connectivity index (χ1) is 11.7. The Bertz CT molecular complexity index is 603. The number of nitrogens with zero attached hydrogens (tertiary/aromatic N) is 1. The van der Waals surface area contributed by atoms with Gasteiger partial charge in [0, 0.05) is 24.2 Å². The number of nitrogens with one attached hydrogen (secondary N) is 1. The van der Waals surface area contributed by atoms with Crippen molar-refractivity contribution in [2.24, 2.45) is 5.92 Å². The van der Waals surface area contributed by atoms with Gasteiger partial charge >= 0.3 is 12.5 Å². The molecule has 2 rings (SSSR count). The van der Waals surface area contributed by atoms with Crippen molar-refractivity contribution in [2.75, 3.05) is 18.5 Å². The lowest BCUT2D eigenvalue weighted by Gasteiger charge is -2.29. The van der Waals surface area contributed by atoms with Crippen LogP contribution in [0.2, 0.25) is 0 Å². The first-order valence-electron chi connectivity index (χ1n) is 7.89. The number of anilines is 1. The Morgan fingerprint density at radius 3 is 2.84 bits per heavy atom. The monoisotopic (exact) mass is 380 g/mol. The van der Waals surface area contributed by atoms with Gasteiger partial charge in [-0.3, -0.25) is 0 Å². The smallest absolute Gasteiger partial charge is 0.428 e. The van der Waals surface area contributed by atoms with E-state index in [0.29, 0.717) is 24.0 Å². The van der Waals surface area contributed by atoms with Gasteiger partial charge in [-0.25, -0.2) is 0 Å². The molecule has 4 nitrogen and oxygen atoms in total. The van der Waals surface area contributed by atoms with Gasteiger partial charge in [-0.05, 0) is 30.8 Å². The molecule has 0 spiro atoms. The van der Waals surface area contributed by atoms with E-state index < -0.39 is 12.5 Å². The molecule has 0 aromatic heterocycles. The van der Waals surface area contributed by atoms with Gasteiger partial charge in [0.2, 0.25) is 0 Å². The van der Waals surface area contributed by atoms with Crippen LogP contribution in [0.1, 0.15) is 20.3 Å². The number of hydrogen-bond donors (Lipinski definition) is 1. The first-order valence-corrected chi connectivity index (χ1v) is 8.29. The number of alkyl halides is 4. The maximum absolute atomic E-state index is 13.0. The van der Waals surface area contributed by atoms with Crippen molar-refractivity contribution in [1.29, 1.82) is 0 Å². The summed E-state index contributed by atoms with van der Waals surface area (Å²) in [6, 6.07) is 5.35. The fraction of sp³-hybridized carbons (Fsp3) is 0.562. The van der Waals surface area contributed by atoms with Crippen molar-refractivity contribution in [1.82, 2.24) is 4.90 Å². The predicted molar refractivity (Wildman–Crippen MR) is 90.1 cm³/mol. The van der Waals surface area contributed by atoms with E-state index in [1.165, 1.54) is 18.2 Å². The molecular weight excluding hydrogens is 360 g/mol. The Morgan fingerprint density at radius 1 is 1.48 bits per heavy atom. The molecule has 9 heteroatoms. The molecule has 1 aromatic carbocycles. The van der Waals surface area contributed by atoms with Crippen LogP contribution in [0, 0.1) is 5.92 Å². The Kier molecular flexibility index (Phi) is 6.45. The fourth-order valence-electron chi connectivity index (χ4n) is 2.41. The van der Waals surface area contributed by atoms with Crippen LogP contribution in [0.25, 0.3) is 0 Å². The molecule has 0 saturated carbocycles. The Morgan fingerprint density at radius 2 is 2.20 bits per heavy atom. The summed E-state index contributed by atoms with van der Waals surface area (Å²) < 4.78 is 60.2. The molecule has 0 bridgehead atoms. The summed E-state index contributed by atoms with van der Waals surface area (Å²) in [5, 5.41) is 3.29. The molecule has 1 aliphatic rings. The molecule has 140 valence electrons. The number of thiocarbonyl (C=S) groups is 1. The quantitative estimate of drug-likeness (QED) is 0.587. The van der Waals surface area contributed by atoms with Crippen LogP contribution < -0.4 is 10.1 Å². The maximum Gasteiger partial charge on any atom is 0.461 e. The highest BCUT2D eigenvalue weighted by Gasteiger charge is 2.44. The second-order valence-electron chi connectivity index (χ2n) is 5.76. The van der Waals surface area contributed by atoms with Crippen molar-refractivity contribution in [2.45, 2.75) is 39.0 Å². The normalized spacial score (nSPS) is 19.2. The highest BCUT2D eigenvalue weighted by atomic mass is 32.1. The Balaban J connectivity index is 2.05. The van der Waals surface area contributed by atoms with Crippen molar-refractivity contribution >= 4 is 23.0 Å². The molecule has 1 aromatic rings. The van der Waals surface area contributed by atoms with Crippen LogP contribution in [-0.2, 0) is 4.74 Å². The summed E-state index contributed by atoms with van der Waals surface area (Å²) in [5.41, 5.74) is 0.363. The molecule has 1 heterocycles. The summed E-state index contributed by atoms with van der Waals surface area (Å²) in [7, 11) is 0. The van der Waals surface area contributed by atoms with Crippen LogP contribution >= 0.6 is 12.2 Å². The number of benzene rings is 1. The standard InChI is InChI=1S/C16H20F4N2O2S/c1-3-10(2)13-22(7-8-23-13)15(25)21-11-5-4-6-12(9-11)24-16(19,20)14(17)18/h4-6,9-10,13-14H,3,7-8H2,1-2H3,(H,21,25). The van der Waals surface area contributed by atoms with E-state index in [1.54, 1.807) is 6.07 Å². The van der Waals surface area contributed by atoms with E-state index in [-0.39, 0.29) is 17.9 Å². The molecule has 2 atom stereocenters. The summed E-state index contributed by atoms with van der Waals surface area (Å²) in [4.78, 5) is 1.88. The molecule has 25 heavy (non-hydrogen) atoms. The van der Waals surface area contributed by atoms with Crippen LogP contribution in [0.4, 0.5) is 23.2 Å². The van der Waals surface area contributed by atoms with Gasteiger partial charge in [-0.15, -0.1) is 0 Å². The average Bonchev–Trinajstić information content (AvgIpc) is 3.03. The van der Waals surface area contributed by atoms with Crippen molar-refractivity contribution < 1.29 is 27.0 Å². The topological polar surface area (TPSA) is 33.7 Å². The molecule has 1 fully saturated rings. The molecule has 0 aliphatic carbocycles. The summed E-state index contributed by atoms with van der Waals surface area (Å²) >= 11 is 5.36.